The first-order valence-corrected chi connectivity index (χ1v) is 8.07. The molecule has 2 atom stereocenters. The Morgan fingerprint density at radius 3 is 2.67 bits per heavy atom. The van der Waals surface area contributed by atoms with Gasteiger partial charge in [0.25, 0.3) is 0 Å². The van der Waals surface area contributed by atoms with Crippen molar-refractivity contribution in [2.24, 2.45) is 5.73 Å². The lowest BCUT2D eigenvalue weighted by molar-refractivity contribution is -0.147. The number of carbonyl (C=O) groups is 2. The van der Waals surface area contributed by atoms with Crippen LogP contribution in [-0.4, -0.2) is 66.5 Å². The van der Waals surface area contributed by atoms with Gasteiger partial charge < -0.3 is 20.3 Å². The molecule has 0 spiro atoms. The lowest BCUT2D eigenvalue weighted by atomic mass is 10.1. The van der Waals surface area contributed by atoms with Gasteiger partial charge in [-0.3, -0.25) is 9.59 Å². The summed E-state index contributed by atoms with van der Waals surface area (Å²) in [6.45, 7) is 5.15. The molecule has 2 rings (SSSR count). The molecule has 2 saturated heterocycles. The van der Waals surface area contributed by atoms with Crippen LogP contribution in [0.15, 0.2) is 0 Å². The van der Waals surface area contributed by atoms with E-state index in [1.54, 1.807) is 4.90 Å². The minimum absolute atomic E-state index is 0.0619. The fourth-order valence-electron chi connectivity index (χ4n) is 3.04. The normalized spacial score (nSPS) is 24.2. The maximum absolute atomic E-state index is 12.6. The molecular formula is C15H27N3O3. The van der Waals surface area contributed by atoms with Gasteiger partial charge in [-0.1, -0.05) is 19.8 Å². The molecule has 2 aliphatic rings. The van der Waals surface area contributed by atoms with Crippen LogP contribution in [0.25, 0.3) is 0 Å². The van der Waals surface area contributed by atoms with Crippen molar-refractivity contribution in [1.82, 2.24) is 9.80 Å². The smallest absolute Gasteiger partial charge is 0.245 e. The predicted octanol–water partition coefficient (Wildman–Crippen LogP) is 0.354. The molecule has 0 aliphatic carbocycles. The maximum Gasteiger partial charge on any atom is 0.245 e. The number of carbonyl (C=O) groups excluding carboxylic acids is 2. The number of morpholine rings is 1. The molecule has 0 aromatic carbocycles. The van der Waals surface area contributed by atoms with E-state index in [4.69, 9.17) is 10.5 Å². The van der Waals surface area contributed by atoms with E-state index in [1.165, 1.54) is 0 Å². The molecule has 21 heavy (non-hydrogen) atoms. The molecule has 6 heteroatoms. The Balaban J connectivity index is 1.95. The van der Waals surface area contributed by atoms with Gasteiger partial charge in [0.2, 0.25) is 11.8 Å². The first kappa shape index (κ1) is 16.2. The van der Waals surface area contributed by atoms with Crippen molar-refractivity contribution in [3.63, 3.8) is 0 Å². The van der Waals surface area contributed by atoms with Gasteiger partial charge in [0.15, 0.2) is 0 Å². The van der Waals surface area contributed by atoms with Gasteiger partial charge >= 0.3 is 0 Å². The summed E-state index contributed by atoms with van der Waals surface area (Å²) in [5.74, 6) is -0.000555. The number of hydrogen-bond donors (Lipinski definition) is 1. The highest BCUT2D eigenvalue weighted by Gasteiger charge is 2.38. The third-order valence-electron chi connectivity index (χ3n) is 4.33. The van der Waals surface area contributed by atoms with E-state index in [1.807, 2.05) is 4.90 Å². The van der Waals surface area contributed by atoms with Crippen LogP contribution in [0.3, 0.4) is 0 Å². The average molecular weight is 297 g/mol. The van der Waals surface area contributed by atoms with Crippen LogP contribution >= 0.6 is 0 Å². The van der Waals surface area contributed by atoms with E-state index in [9.17, 15) is 9.59 Å². The first-order valence-electron chi connectivity index (χ1n) is 8.07. The fraction of sp³-hybridized carbons (Fsp3) is 0.867. The highest BCUT2D eigenvalue weighted by molar-refractivity contribution is 5.90. The summed E-state index contributed by atoms with van der Waals surface area (Å²) in [4.78, 5) is 28.6. The Kier molecular flexibility index (Phi) is 5.99. The maximum atomic E-state index is 12.6. The standard InChI is InChI=1S/C15H27N3O3/c1-2-3-5-12(16)14(19)18-7-4-6-13(18)15(20)17-8-10-21-11-9-17/h12-13H,2-11,16H2,1H3/t12-,13?/m0/s1. The second-order valence-electron chi connectivity index (χ2n) is 5.88. The van der Waals surface area contributed by atoms with Gasteiger partial charge in [0, 0.05) is 19.6 Å². The molecule has 6 nitrogen and oxygen atoms in total. The summed E-state index contributed by atoms with van der Waals surface area (Å²) >= 11 is 0. The van der Waals surface area contributed by atoms with Crippen LogP contribution in [0.1, 0.15) is 39.0 Å². The lowest BCUT2D eigenvalue weighted by Gasteiger charge is -2.33. The largest absolute Gasteiger partial charge is 0.378 e. The third-order valence-corrected chi connectivity index (χ3v) is 4.33. The molecule has 2 heterocycles. The zero-order chi connectivity index (χ0) is 15.2. The summed E-state index contributed by atoms with van der Waals surface area (Å²) in [5, 5.41) is 0. The number of unbranched alkanes of at least 4 members (excludes halogenated alkanes) is 1. The van der Waals surface area contributed by atoms with Gasteiger partial charge in [-0.05, 0) is 19.3 Å². The highest BCUT2D eigenvalue weighted by atomic mass is 16.5. The van der Waals surface area contributed by atoms with E-state index < -0.39 is 6.04 Å². The predicted molar refractivity (Wildman–Crippen MR) is 79.6 cm³/mol. The molecule has 2 amide bonds. The summed E-state index contributed by atoms with van der Waals surface area (Å²) < 4.78 is 5.27. The molecule has 0 bridgehead atoms. The summed E-state index contributed by atoms with van der Waals surface area (Å²) in [5.41, 5.74) is 5.99. The second kappa shape index (κ2) is 7.75. The molecule has 0 aromatic rings. The average Bonchev–Trinajstić information content (AvgIpc) is 3.01. The molecule has 2 fully saturated rings. The third kappa shape index (κ3) is 3.95. The second-order valence-corrected chi connectivity index (χ2v) is 5.88. The zero-order valence-electron chi connectivity index (χ0n) is 12.9. The van der Waals surface area contributed by atoms with Crippen LogP contribution < -0.4 is 5.73 Å². The van der Waals surface area contributed by atoms with Crippen molar-refractivity contribution in [2.45, 2.75) is 51.1 Å². The van der Waals surface area contributed by atoms with Crippen LogP contribution in [0.5, 0.6) is 0 Å². The molecule has 120 valence electrons. The molecule has 2 aliphatic heterocycles. The van der Waals surface area contributed by atoms with Crippen LogP contribution in [0.4, 0.5) is 0 Å². The lowest BCUT2D eigenvalue weighted by Crippen LogP contribution is -2.54. The molecular weight excluding hydrogens is 270 g/mol. The number of nitrogens with two attached hydrogens (primary N) is 1. The molecule has 0 aromatic heterocycles. The van der Waals surface area contributed by atoms with Gasteiger partial charge in [-0.15, -0.1) is 0 Å². The van der Waals surface area contributed by atoms with Crippen molar-refractivity contribution in [3.8, 4) is 0 Å². The van der Waals surface area contributed by atoms with Gasteiger partial charge in [-0.25, -0.2) is 0 Å². The van der Waals surface area contributed by atoms with Crippen molar-refractivity contribution in [2.75, 3.05) is 32.8 Å². The van der Waals surface area contributed by atoms with Gasteiger partial charge in [0.1, 0.15) is 6.04 Å². The van der Waals surface area contributed by atoms with E-state index >= 15 is 0 Å². The Labute approximate surface area is 126 Å². The number of nitrogens with zero attached hydrogens (tertiary/aromatic N) is 2. The fourth-order valence-corrected chi connectivity index (χ4v) is 3.04. The van der Waals surface area contributed by atoms with Crippen molar-refractivity contribution >= 4 is 11.8 Å². The molecule has 0 saturated carbocycles. The van der Waals surface area contributed by atoms with Crippen molar-refractivity contribution < 1.29 is 14.3 Å². The number of ether oxygens (including phenoxy) is 1. The monoisotopic (exact) mass is 297 g/mol. The van der Waals surface area contributed by atoms with Gasteiger partial charge in [0.05, 0.1) is 19.3 Å². The Morgan fingerprint density at radius 2 is 2.00 bits per heavy atom. The quantitative estimate of drug-likeness (QED) is 0.794. The van der Waals surface area contributed by atoms with Crippen molar-refractivity contribution in [3.05, 3.63) is 0 Å². The van der Waals surface area contributed by atoms with Crippen LogP contribution in [0, 0.1) is 0 Å². The summed E-state index contributed by atoms with van der Waals surface area (Å²) in [7, 11) is 0. The topological polar surface area (TPSA) is 75.9 Å². The molecule has 1 unspecified atom stereocenters. The minimum atomic E-state index is -0.469. The number of amides is 2. The molecule has 0 radical (unpaired) electrons. The SMILES string of the molecule is CCCC[C@H](N)C(=O)N1CCCC1C(=O)N1CCOCC1. The van der Waals surface area contributed by atoms with E-state index in [0.29, 0.717) is 39.3 Å². The Bertz CT molecular complexity index is 369. The van der Waals surface area contributed by atoms with E-state index in [0.717, 1.165) is 25.7 Å². The van der Waals surface area contributed by atoms with Crippen LogP contribution in [-0.2, 0) is 14.3 Å². The van der Waals surface area contributed by atoms with E-state index in [2.05, 4.69) is 6.92 Å². The number of hydrogen-bond acceptors (Lipinski definition) is 4. The first-order chi connectivity index (χ1) is 10.1. The zero-order valence-corrected chi connectivity index (χ0v) is 12.9. The summed E-state index contributed by atoms with van der Waals surface area (Å²) in [6.07, 6.45) is 4.31. The summed E-state index contributed by atoms with van der Waals surface area (Å²) in [6, 6.07) is -0.786. The Morgan fingerprint density at radius 1 is 1.29 bits per heavy atom. The highest BCUT2D eigenvalue weighted by Crippen LogP contribution is 2.21. The van der Waals surface area contributed by atoms with Gasteiger partial charge in [-0.2, -0.15) is 0 Å². The minimum Gasteiger partial charge on any atom is -0.378 e. The van der Waals surface area contributed by atoms with E-state index in [-0.39, 0.29) is 17.9 Å². The Hall–Kier alpha value is -1.14. The van der Waals surface area contributed by atoms with Crippen molar-refractivity contribution in [1.29, 1.82) is 0 Å². The van der Waals surface area contributed by atoms with Crippen LogP contribution in [0.2, 0.25) is 0 Å². The number of likely N-dealkylation sites (tertiary alicyclic amines) is 1. The number of rotatable bonds is 5. The molecule has 2 N–H and O–H groups in total.